The van der Waals surface area contributed by atoms with Gasteiger partial charge in [0.25, 0.3) is 5.56 Å². The number of aromatic nitrogens is 1. The minimum absolute atomic E-state index is 0.00649. The Hall–Kier alpha value is -2.64. The minimum Gasteiger partial charge on any atom is -0.494 e. The molecule has 0 spiro atoms. The van der Waals surface area contributed by atoms with Crippen LogP contribution in [0.1, 0.15) is 42.0 Å². The van der Waals surface area contributed by atoms with E-state index < -0.39 is 5.82 Å². The van der Waals surface area contributed by atoms with Crippen molar-refractivity contribution >= 4 is 11.8 Å². The molecule has 0 aliphatic carbocycles. The van der Waals surface area contributed by atoms with E-state index in [1.807, 2.05) is 17.6 Å². The number of halogens is 2. The Labute approximate surface area is 208 Å². The molecule has 7 heteroatoms. The molecule has 1 atom stereocenters. The van der Waals surface area contributed by atoms with Crippen LogP contribution >= 0.6 is 11.8 Å². The van der Waals surface area contributed by atoms with Gasteiger partial charge in [-0.1, -0.05) is 36.8 Å². The lowest BCUT2D eigenvalue weighted by Crippen LogP contribution is -2.38. The van der Waals surface area contributed by atoms with E-state index in [-0.39, 0.29) is 28.7 Å². The lowest BCUT2D eigenvalue weighted by Gasteiger charge is -2.30. The molecule has 2 aromatic carbocycles. The second-order valence-electron chi connectivity index (χ2n) is 9.37. The third-order valence-corrected chi connectivity index (χ3v) is 8.48. The first-order valence-corrected chi connectivity index (χ1v) is 13.2. The molecule has 4 nitrogen and oxygen atoms in total. The summed E-state index contributed by atoms with van der Waals surface area (Å²) in [4.78, 5) is 16.4. The van der Waals surface area contributed by atoms with Gasteiger partial charge in [-0.2, -0.15) is 0 Å². The van der Waals surface area contributed by atoms with Crippen molar-refractivity contribution in [3.63, 3.8) is 0 Å². The van der Waals surface area contributed by atoms with Gasteiger partial charge in [0.1, 0.15) is 5.82 Å². The monoisotopic (exact) mass is 496 g/mol. The maximum Gasteiger partial charge on any atom is 0.260 e. The molecule has 184 valence electrons. The molecule has 0 radical (unpaired) electrons. The first-order chi connectivity index (χ1) is 17.0. The number of piperidine rings is 1. The Kier molecular flexibility index (Phi) is 6.98. The predicted molar refractivity (Wildman–Crippen MR) is 137 cm³/mol. The number of benzene rings is 2. The molecule has 1 saturated heterocycles. The number of rotatable bonds is 6. The van der Waals surface area contributed by atoms with E-state index >= 15 is 4.39 Å². The Morgan fingerprint density at radius 2 is 1.83 bits per heavy atom. The molecule has 0 bridgehead atoms. The summed E-state index contributed by atoms with van der Waals surface area (Å²) in [5.41, 5.74) is 2.53. The van der Waals surface area contributed by atoms with Gasteiger partial charge in [0.2, 0.25) is 0 Å². The van der Waals surface area contributed by atoms with E-state index in [1.165, 1.54) is 32.4 Å². The van der Waals surface area contributed by atoms with Crippen LogP contribution in [-0.4, -0.2) is 42.0 Å². The van der Waals surface area contributed by atoms with Crippen LogP contribution in [0.2, 0.25) is 0 Å². The second-order valence-corrected chi connectivity index (χ2v) is 10.4. The molecule has 0 saturated carbocycles. The smallest absolute Gasteiger partial charge is 0.260 e. The number of nitrogens with zero attached hydrogens (tertiary/aromatic N) is 2. The molecule has 2 aliphatic heterocycles. The number of likely N-dealkylation sites (tertiary alicyclic amines) is 1. The number of hydrogen-bond acceptors (Lipinski definition) is 4. The van der Waals surface area contributed by atoms with Gasteiger partial charge in [-0.15, -0.1) is 11.8 Å². The quantitative estimate of drug-likeness (QED) is 0.430. The van der Waals surface area contributed by atoms with Crippen LogP contribution in [0, 0.1) is 18.6 Å². The Morgan fingerprint density at radius 1 is 1.06 bits per heavy atom. The lowest BCUT2D eigenvalue weighted by atomic mass is 9.94. The molecule has 1 aromatic heterocycles. The van der Waals surface area contributed by atoms with Crippen molar-refractivity contribution < 1.29 is 13.5 Å². The molecular weight excluding hydrogens is 466 g/mol. The molecule has 3 heterocycles. The number of ether oxygens (including phenoxy) is 1. The summed E-state index contributed by atoms with van der Waals surface area (Å²) < 4.78 is 37.1. The van der Waals surface area contributed by atoms with Crippen LogP contribution in [-0.2, 0) is 6.42 Å². The van der Waals surface area contributed by atoms with Crippen molar-refractivity contribution in [2.75, 3.05) is 32.5 Å². The number of hydrogen-bond donors (Lipinski definition) is 0. The summed E-state index contributed by atoms with van der Waals surface area (Å²) >= 11 is 1.66. The highest BCUT2D eigenvalue weighted by Crippen LogP contribution is 2.41. The van der Waals surface area contributed by atoms with Crippen LogP contribution in [0.5, 0.6) is 5.75 Å². The van der Waals surface area contributed by atoms with Crippen LogP contribution in [0.15, 0.2) is 52.3 Å². The van der Waals surface area contributed by atoms with Gasteiger partial charge in [0.05, 0.1) is 23.7 Å². The molecule has 5 rings (SSSR count). The second kappa shape index (κ2) is 10.2. The van der Waals surface area contributed by atoms with Crippen LogP contribution < -0.4 is 10.3 Å². The largest absolute Gasteiger partial charge is 0.494 e. The van der Waals surface area contributed by atoms with Crippen LogP contribution in [0.4, 0.5) is 8.78 Å². The topological polar surface area (TPSA) is 34.5 Å². The van der Waals surface area contributed by atoms with Crippen molar-refractivity contribution in [1.82, 2.24) is 9.47 Å². The van der Waals surface area contributed by atoms with E-state index in [1.54, 1.807) is 42.1 Å². The third kappa shape index (κ3) is 4.52. The number of methoxy groups -OCH3 is 1. The lowest BCUT2D eigenvalue weighted by molar-refractivity contribution is 0.201. The van der Waals surface area contributed by atoms with Crippen molar-refractivity contribution in [2.45, 2.75) is 43.7 Å². The fraction of sp³-hybridized carbons (Fsp3) is 0.393. The van der Waals surface area contributed by atoms with Gasteiger partial charge in [-0.3, -0.25) is 9.36 Å². The normalized spacial score (nSPS) is 18.0. The Morgan fingerprint density at radius 3 is 2.57 bits per heavy atom. The molecule has 2 aliphatic rings. The van der Waals surface area contributed by atoms with Gasteiger partial charge in [-0.25, -0.2) is 8.78 Å². The van der Waals surface area contributed by atoms with Gasteiger partial charge in [0, 0.05) is 24.3 Å². The van der Waals surface area contributed by atoms with E-state index in [0.29, 0.717) is 23.1 Å². The zero-order chi connectivity index (χ0) is 24.5. The summed E-state index contributed by atoms with van der Waals surface area (Å²) in [5.74, 6) is 0.0470. The molecule has 35 heavy (non-hydrogen) atoms. The molecule has 1 fully saturated rings. The van der Waals surface area contributed by atoms with Crippen LogP contribution in [0.3, 0.4) is 0 Å². The minimum atomic E-state index is -0.550. The first-order valence-electron chi connectivity index (χ1n) is 12.2. The Balaban J connectivity index is 1.68. The zero-order valence-electron chi connectivity index (χ0n) is 20.2. The Bertz CT molecular complexity index is 1300. The van der Waals surface area contributed by atoms with Crippen molar-refractivity contribution in [2.24, 2.45) is 0 Å². The van der Waals surface area contributed by atoms with Gasteiger partial charge < -0.3 is 9.64 Å². The summed E-state index contributed by atoms with van der Waals surface area (Å²) in [6.45, 7) is 4.72. The highest BCUT2D eigenvalue weighted by atomic mass is 32.2. The third-order valence-electron chi connectivity index (χ3n) is 7.21. The zero-order valence-corrected chi connectivity index (χ0v) is 21.0. The predicted octanol–water partition coefficient (Wildman–Crippen LogP) is 5.83. The molecule has 0 amide bonds. The first kappa shape index (κ1) is 24.1. The van der Waals surface area contributed by atoms with Crippen molar-refractivity contribution in [3.05, 3.63) is 81.1 Å². The van der Waals surface area contributed by atoms with E-state index in [4.69, 9.17) is 4.74 Å². The fourth-order valence-electron chi connectivity index (χ4n) is 5.36. The maximum absolute atomic E-state index is 15.4. The maximum atomic E-state index is 15.4. The molecule has 0 N–H and O–H groups in total. The summed E-state index contributed by atoms with van der Waals surface area (Å²) in [7, 11) is 1.42. The average Bonchev–Trinajstić information content (AvgIpc) is 3.28. The number of pyridine rings is 1. The molecule has 1 unspecified atom stereocenters. The van der Waals surface area contributed by atoms with E-state index in [9.17, 15) is 9.18 Å². The van der Waals surface area contributed by atoms with Gasteiger partial charge in [-0.05, 0) is 61.7 Å². The number of thioether (sulfide) groups is 1. The standard InChI is InChI=1S/C28H30F2N2O2S/c1-18-22(15-19-9-4-5-11-23(19)29)28-32(20(17-35-28)16-31-13-6-3-7-14-31)27(33)25(18)21-10-8-12-24(34-2)26(21)30/h4-5,8-12,20H,3,6-7,13-17H2,1-2H3. The van der Waals surface area contributed by atoms with Gasteiger partial charge >= 0.3 is 0 Å². The fourth-order valence-corrected chi connectivity index (χ4v) is 6.74. The summed E-state index contributed by atoms with van der Waals surface area (Å²) in [5, 5.41) is 0.879. The highest BCUT2D eigenvalue weighted by molar-refractivity contribution is 7.99. The van der Waals surface area contributed by atoms with Crippen molar-refractivity contribution in [3.8, 4) is 16.9 Å². The number of fused-ring (bicyclic) bond motifs is 1. The van der Waals surface area contributed by atoms with E-state index in [0.717, 1.165) is 36.0 Å². The highest BCUT2D eigenvalue weighted by Gasteiger charge is 2.32. The summed E-state index contributed by atoms with van der Waals surface area (Å²) in [6, 6.07) is 11.6. The average molecular weight is 497 g/mol. The van der Waals surface area contributed by atoms with Crippen LogP contribution in [0.25, 0.3) is 11.1 Å². The molecular formula is C28H30F2N2O2S. The van der Waals surface area contributed by atoms with Gasteiger partial charge in [0.15, 0.2) is 11.6 Å². The van der Waals surface area contributed by atoms with Crippen molar-refractivity contribution in [1.29, 1.82) is 0 Å². The summed E-state index contributed by atoms with van der Waals surface area (Å²) in [6.07, 6.45) is 3.94. The van der Waals surface area contributed by atoms with E-state index in [2.05, 4.69) is 4.90 Å². The SMILES string of the molecule is COc1cccc(-c2c(C)c(Cc3ccccc3F)c3n(c2=O)C(CN2CCCCC2)CS3)c1F. The molecule has 3 aromatic rings.